The van der Waals surface area contributed by atoms with Gasteiger partial charge in [-0.3, -0.25) is 4.79 Å². The number of rotatable bonds is 4. The van der Waals surface area contributed by atoms with E-state index in [2.05, 4.69) is 56.9 Å². The summed E-state index contributed by atoms with van der Waals surface area (Å²) in [5.74, 6) is 1.96. The van der Waals surface area contributed by atoms with Crippen LogP contribution in [0, 0.1) is 0 Å². The van der Waals surface area contributed by atoms with Crippen LogP contribution in [0.1, 0.15) is 41.3 Å². The summed E-state index contributed by atoms with van der Waals surface area (Å²) in [5.41, 5.74) is 1.57. The predicted octanol–water partition coefficient (Wildman–Crippen LogP) is 3.98. The SMILES string of the molecule is O=C(NCCc1nnc2n1CCCCC2)c1c[nH]c2cc(Br)c(Br)cc12. The molecule has 136 valence electrons. The lowest BCUT2D eigenvalue weighted by molar-refractivity contribution is 0.0955. The first kappa shape index (κ1) is 17.7. The van der Waals surface area contributed by atoms with Gasteiger partial charge in [-0.2, -0.15) is 0 Å². The van der Waals surface area contributed by atoms with Crippen molar-refractivity contribution in [1.82, 2.24) is 25.1 Å². The fourth-order valence-corrected chi connectivity index (χ4v) is 4.10. The summed E-state index contributed by atoms with van der Waals surface area (Å²) in [6.45, 7) is 1.53. The van der Waals surface area contributed by atoms with E-state index in [1.54, 1.807) is 6.20 Å². The Bertz CT molecular complexity index is 962. The first-order chi connectivity index (χ1) is 12.6. The molecule has 6 nitrogen and oxygen atoms in total. The Morgan fingerprint density at radius 3 is 2.92 bits per heavy atom. The Kier molecular flexibility index (Phi) is 5.13. The van der Waals surface area contributed by atoms with E-state index < -0.39 is 0 Å². The summed E-state index contributed by atoms with van der Waals surface area (Å²) < 4.78 is 4.09. The molecule has 3 heterocycles. The van der Waals surface area contributed by atoms with Crippen LogP contribution in [-0.4, -0.2) is 32.2 Å². The van der Waals surface area contributed by atoms with Gasteiger partial charge >= 0.3 is 0 Å². The average Bonchev–Trinajstić information content (AvgIpc) is 3.11. The van der Waals surface area contributed by atoms with Gasteiger partial charge in [0.1, 0.15) is 11.6 Å². The number of fused-ring (bicyclic) bond motifs is 2. The lowest BCUT2D eigenvalue weighted by atomic mass is 10.1. The first-order valence-corrected chi connectivity index (χ1v) is 10.4. The number of halogens is 2. The standard InChI is InChI=1S/C18H19Br2N5O/c19-13-8-11-12(10-22-15(11)9-14(13)20)18(26)21-6-5-17-24-23-16-4-2-1-3-7-25(16)17/h8-10,22H,1-7H2,(H,21,26). The highest BCUT2D eigenvalue weighted by Crippen LogP contribution is 2.30. The highest BCUT2D eigenvalue weighted by Gasteiger charge is 2.16. The van der Waals surface area contributed by atoms with Crippen molar-refractivity contribution < 1.29 is 4.79 Å². The van der Waals surface area contributed by atoms with Crippen LogP contribution >= 0.6 is 31.9 Å². The molecule has 1 aliphatic heterocycles. The van der Waals surface area contributed by atoms with E-state index >= 15 is 0 Å². The highest BCUT2D eigenvalue weighted by atomic mass is 79.9. The molecular formula is C18H19Br2N5O. The lowest BCUT2D eigenvalue weighted by Crippen LogP contribution is -2.26. The van der Waals surface area contributed by atoms with Crippen molar-refractivity contribution in [3.05, 3.63) is 44.5 Å². The number of aromatic nitrogens is 4. The summed E-state index contributed by atoms with van der Waals surface area (Å²) in [6, 6.07) is 3.91. The van der Waals surface area contributed by atoms with Gasteiger partial charge in [-0.05, 0) is 56.8 Å². The Balaban J connectivity index is 1.43. The van der Waals surface area contributed by atoms with Crippen LogP contribution in [-0.2, 0) is 19.4 Å². The molecule has 1 aliphatic rings. The zero-order valence-corrected chi connectivity index (χ0v) is 17.4. The first-order valence-electron chi connectivity index (χ1n) is 8.79. The number of H-pyrrole nitrogens is 1. The molecule has 0 unspecified atom stereocenters. The van der Waals surface area contributed by atoms with Gasteiger partial charge in [0.2, 0.25) is 0 Å². The fraction of sp³-hybridized carbons (Fsp3) is 0.389. The van der Waals surface area contributed by atoms with Crippen LogP contribution < -0.4 is 5.32 Å². The second-order valence-electron chi connectivity index (χ2n) is 6.51. The van der Waals surface area contributed by atoms with Crippen LogP contribution in [0.5, 0.6) is 0 Å². The van der Waals surface area contributed by atoms with Crippen LogP contribution in [0.25, 0.3) is 10.9 Å². The van der Waals surface area contributed by atoms with Gasteiger partial charge in [-0.1, -0.05) is 6.42 Å². The number of nitrogens with zero attached hydrogens (tertiary/aromatic N) is 3. The zero-order valence-electron chi connectivity index (χ0n) is 14.2. The maximum atomic E-state index is 12.6. The molecule has 4 rings (SSSR count). The van der Waals surface area contributed by atoms with Crippen LogP contribution in [0.4, 0.5) is 0 Å². The van der Waals surface area contributed by atoms with E-state index in [1.807, 2.05) is 12.1 Å². The van der Waals surface area contributed by atoms with Crippen LogP contribution in [0.2, 0.25) is 0 Å². The average molecular weight is 481 g/mol. The topological polar surface area (TPSA) is 75.6 Å². The van der Waals surface area contributed by atoms with Crippen molar-refractivity contribution in [2.24, 2.45) is 0 Å². The molecule has 0 saturated heterocycles. The van der Waals surface area contributed by atoms with Crippen molar-refractivity contribution in [1.29, 1.82) is 0 Å². The quantitative estimate of drug-likeness (QED) is 0.592. The molecule has 0 saturated carbocycles. The minimum absolute atomic E-state index is 0.0823. The summed E-state index contributed by atoms with van der Waals surface area (Å²) in [5, 5.41) is 12.5. The number of carbonyl (C=O) groups is 1. The third kappa shape index (κ3) is 3.44. The Labute approximate surface area is 168 Å². The third-order valence-corrected chi connectivity index (χ3v) is 6.63. The van der Waals surface area contributed by atoms with Crippen molar-refractivity contribution in [3.63, 3.8) is 0 Å². The molecule has 8 heteroatoms. The maximum absolute atomic E-state index is 12.6. The van der Waals surface area contributed by atoms with Crippen molar-refractivity contribution in [3.8, 4) is 0 Å². The molecule has 0 fully saturated rings. The number of hydrogen-bond donors (Lipinski definition) is 2. The zero-order chi connectivity index (χ0) is 18.1. The Morgan fingerprint density at radius 1 is 1.19 bits per heavy atom. The maximum Gasteiger partial charge on any atom is 0.253 e. The van der Waals surface area contributed by atoms with E-state index in [0.29, 0.717) is 18.5 Å². The molecule has 3 aromatic rings. The van der Waals surface area contributed by atoms with Crippen molar-refractivity contribution in [2.45, 2.75) is 38.6 Å². The minimum Gasteiger partial charge on any atom is -0.360 e. The summed E-state index contributed by atoms with van der Waals surface area (Å²) in [4.78, 5) is 15.7. The number of aromatic amines is 1. The molecule has 26 heavy (non-hydrogen) atoms. The Hall–Kier alpha value is -1.67. The van der Waals surface area contributed by atoms with Gasteiger partial charge in [-0.15, -0.1) is 10.2 Å². The summed E-state index contributed by atoms with van der Waals surface area (Å²) in [7, 11) is 0. The molecule has 1 aromatic carbocycles. The van der Waals surface area contributed by atoms with Crippen molar-refractivity contribution in [2.75, 3.05) is 6.54 Å². The summed E-state index contributed by atoms with van der Waals surface area (Å²) in [6.07, 6.45) is 7.04. The number of nitrogens with one attached hydrogen (secondary N) is 2. The highest BCUT2D eigenvalue weighted by molar-refractivity contribution is 9.13. The number of amides is 1. The van der Waals surface area contributed by atoms with Crippen LogP contribution in [0.15, 0.2) is 27.3 Å². The molecule has 1 amide bonds. The molecule has 0 spiro atoms. The monoisotopic (exact) mass is 479 g/mol. The minimum atomic E-state index is -0.0823. The molecule has 2 aromatic heterocycles. The van der Waals surface area contributed by atoms with Gasteiger partial charge in [0.25, 0.3) is 5.91 Å². The molecule has 0 aliphatic carbocycles. The van der Waals surface area contributed by atoms with E-state index in [9.17, 15) is 4.79 Å². The normalized spacial score (nSPS) is 14.2. The molecule has 0 radical (unpaired) electrons. The third-order valence-electron chi connectivity index (χ3n) is 4.79. The van der Waals surface area contributed by atoms with E-state index in [1.165, 1.54) is 19.3 Å². The lowest BCUT2D eigenvalue weighted by Gasteiger charge is -2.08. The number of aryl methyl sites for hydroxylation is 1. The molecular weight excluding hydrogens is 462 g/mol. The largest absolute Gasteiger partial charge is 0.360 e. The van der Waals surface area contributed by atoms with Gasteiger partial charge in [-0.25, -0.2) is 0 Å². The second-order valence-corrected chi connectivity index (χ2v) is 8.22. The molecule has 2 N–H and O–H groups in total. The van der Waals surface area contributed by atoms with Gasteiger partial charge < -0.3 is 14.9 Å². The predicted molar refractivity (Wildman–Crippen MR) is 107 cm³/mol. The summed E-state index contributed by atoms with van der Waals surface area (Å²) >= 11 is 6.97. The number of benzene rings is 1. The van der Waals surface area contributed by atoms with E-state index in [-0.39, 0.29) is 5.91 Å². The van der Waals surface area contributed by atoms with E-state index in [4.69, 9.17) is 0 Å². The number of carbonyl (C=O) groups excluding carboxylic acids is 1. The Morgan fingerprint density at radius 2 is 2.04 bits per heavy atom. The van der Waals surface area contributed by atoms with Crippen LogP contribution in [0.3, 0.4) is 0 Å². The smallest absolute Gasteiger partial charge is 0.253 e. The van der Waals surface area contributed by atoms with E-state index in [0.717, 1.165) is 44.5 Å². The fourth-order valence-electron chi connectivity index (χ4n) is 3.42. The van der Waals surface area contributed by atoms with Gasteiger partial charge in [0, 0.05) is 52.0 Å². The van der Waals surface area contributed by atoms with Gasteiger partial charge in [0.05, 0.1) is 5.56 Å². The number of hydrogen-bond acceptors (Lipinski definition) is 3. The van der Waals surface area contributed by atoms with Crippen molar-refractivity contribution >= 4 is 48.7 Å². The molecule has 0 bridgehead atoms. The second kappa shape index (κ2) is 7.52. The molecule has 0 atom stereocenters. The van der Waals surface area contributed by atoms with Gasteiger partial charge in [0.15, 0.2) is 0 Å².